The highest BCUT2D eigenvalue weighted by atomic mass is 16.7. The van der Waals surface area contributed by atoms with Crippen molar-refractivity contribution in [1.82, 2.24) is 0 Å². The summed E-state index contributed by atoms with van der Waals surface area (Å²) < 4.78 is 11.4. The summed E-state index contributed by atoms with van der Waals surface area (Å²) in [5, 5.41) is 8.55. The Labute approximate surface area is 112 Å². The molecule has 6 unspecified atom stereocenters. The first-order valence-corrected chi connectivity index (χ1v) is 7.20. The monoisotopic (exact) mass is 268 g/mol. The van der Waals surface area contributed by atoms with Gasteiger partial charge in [0.1, 0.15) is 18.5 Å². The second-order valence-corrected chi connectivity index (χ2v) is 5.85. The molecule has 0 aromatic heterocycles. The molecule has 3 rings (SSSR count). The third kappa shape index (κ3) is 2.41. The number of carbonyl (C=O) groups excluding carboxylic acids is 1. The van der Waals surface area contributed by atoms with Crippen molar-refractivity contribution in [3.05, 3.63) is 0 Å². The lowest BCUT2D eigenvalue weighted by Gasteiger charge is -2.21. The quantitative estimate of drug-likeness (QED) is 0.409. The van der Waals surface area contributed by atoms with Crippen LogP contribution in [0, 0.1) is 11.8 Å². The molecule has 6 atom stereocenters. The van der Waals surface area contributed by atoms with Crippen LogP contribution >= 0.6 is 0 Å². The average molecular weight is 268 g/mol. The standard InChI is InChI=1S/C14H20O5/c15-7-9-8(5-3-1-2-4-6-10(16)17)11-13-14(19-13)12(9)18-11/h7-9,11-14H,1-6H2,(H,16,17). The number of rotatable bonds is 8. The van der Waals surface area contributed by atoms with Gasteiger partial charge in [0.25, 0.3) is 0 Å². The highest BCUT2D eigenvalue weighted by Gasteiger charge is 2.68. The first-order chi connectivity index (χ1) is 9.22. The number of ether oxygens (including phenoxy) is 2. The van der Waals surface area contributed by atoms with Crippen LogP contribution in [0.1, 0.15) is 38.5 Å². The molecule has 0 saturated carbocycles. The Bertz CT molecular complexity index is 369. The Balaban J connectivity index is 1.38. The zero-order chi connectivity index (χ0) is 13.4. The third-order valence-corrected chi connectivity index (χ3v) is 4.65. The van der Waals surface area contributed by atoms with E-state index in [1.165, 1.54) is 0 Å². The van der Waals surface area contributed by atoms with Gasteiger partial charge in [0, 0.05) is 12.3 Å². The minimum absolute atomic E-state index is 0.00418. The van der Waals surface area contributed by atoms with E-state index in [9.17, 15) is 9.59 Å². The molecule has 3 heterocycles. The summed E-state index contributed by atoms with van der Waals surface area (Å²) in [6.45, 7) is 0. The molecule has 5 heteroatoms. The van der Waals surface area contributed by atoms with Crippen molar-refractivity contribution in [1.29, 1.82) is 0 Å². The number of unbranched alkanes of at least 4 members (excludes halogenated alkanes) is 3. The minimum Gasteiger partial charge on any atom is -0.481 e. The van der Waals surface area contributed by atoms with E-state index < -0.39 is 5.97 Å². The van der Waals surface area contributed by atoms with Crippen molar-refractivity contribution in [3.8, 4) is 0 Å². The average Bonchev–Trinajstić information content (AvgIpc) is 3.01. The normalized spacial score (nSPS) is 42.1. The molecule has 0 radical (unpaired) electrons. The molecule has 1 N–H and O–H groups in total. The Morgan fingerprint density at radius 1 is 1.00 bits per heavy atom. The molecule has 2 bridgehead atoms. The molecule has 5 nitrogen and oxygen atoms in total. The first kappa shape index (κ1) is 13.1. The van der Waals surface area contributed by atoms with E-state index in [0.29, 0.717) is 5.92 Å². The first-order valence-electron chi connectivity index (χ1n) is 7.20. The number of carboxylic acid groups (broad SMARTS) is 1. The summed E-state index contributed by atoms with van der Waals surface area (Å²) in [7, 11) is 0. The maximum absolute atomic E-state index is 11.2. The topological polar surface area (TPSA) is 76.1 Å². The number of aliphatic carboxylic acids is 1. The molecule has 106 valence electrons. The van der Waals surface area contributed by atoms with Gasteiger partial charge in [-0.05, 0) is 18.8 Å². The van der Waals surface area contributed by atoms with Crippen LogP contribution in [-0.4, -0.2) is 41.8 Å². The van der Waals surface area contributed by atoms with Crippen molar-refractivity contribution >= 4 is 12.3 Å². The fourth-order valence-electron chi connectivity index (χ4n) is 3.66. The third-order valence-electron chi connectivity index (χ3n) is 4.65. The maximum atomic E-state index is 11.2. The zero-order valence-corrected chi connectivity index (χ0v) is 10.9. The Morgan fingerprint density at radius 3 is 2.42 bits per heavy atom. The van der Waals surface area contributed by atoms with Crippen molar-refractivity contribution < 1.29 is 24.2 Å². The van der Waals surface area contributed by atoms with E-state index in [-0.39, 0.29) is 36.8 Å². The molecular formula is C14H20O5. The largest absolute Gasteiger partial charge is 0.481 e. The minimum atomic E-state index is -0.723. The van der Waals surface area contributed by atoms with Gasteiger partial charge in [-0.1, -0.05) is 19.3 Å². The number of hydrogen-bond donors (Lipinski definition) is 1. The highest BCUT2D eigenvalue weighted by molar-refractivity contribution is 5.66. The Kier molecular flexibility index (Phi) is 3.58. The van der Waals surface area contributed by atoms with E-state index >= 15 is 0 Å². The SMILES string of the molecule is O=CC1C(CCCCCCC(=O)O)C2OC1C1OC21. The smallest absolute Gasteiger partial charge is 0.303 e. The number of fused-ring (bicyclic) bond motifs is 5. The van der Waals surface area contributed by atoms with Gasteiger partial charge < -0.3 is 19.4 Å². The Morgan fingerprint density at radius 2 is 1.68 bits per heavy atom. The van der Waals surface area contributed by atoms with Gasteiger partial charge in [-0.15, -0.1) is 0 Å². The van der Waals surface area contributed by atoms with E-state index in [2.05, 4.69) is 0 Å². The second kappa shape index (κ2) is 5.21. The van der Waals surface area contributed by atoms with E-state index in [1.807, 2.05) is 0 Å². The maximum Gasteiger partial charge on any atom is 0.303 e. The molecule has 3 aliphatic rings. The molecule has 3 fully saturated rings. The number of carboxylic acids is 1. The number of carbonyl (C=O) groups is 2. The fourth-order valence-corrected chi connectivity index (χ4v) is 3.66. The van der Waals surface area contributed by atoms with Gasteiger partial charge >= 0.3 is 5.97 Å². The van der Waals surface area contributed by atoms with Crippen molar-refractivity contribution in [3.63, 3.8) is 0 Å². The summed E-state index contributed by atoms with van der Waals surface area (Å²) in [4.78, 5) is 21.6. The lowest BCUT2D eigenvalue weighted by atomic mass is 9.77. The molecule has 0 spiro atoms. The second-order valence-electron chi connectivity index (χ2n) is 5.85. The predicted molar refractivity (Wildman–Crippen MR) is 65.7 cm³/mol. The van der Waals surface area contributed by atoms with Gasteiger partial charge in [0.05, 0.1) is 12.2 Å². The predicted octanol–water partition coefficient (Wildman–Crippen LogP) is 1.39. The van der Waals surface area contributed by atoms with E-state index in [1.54, 1.807) is 0 Å². The molecule has 19 heavy (non-hydrogen) atoms. The summed E-state index contributed by atoms with van der Waals surface area (Å²) in [6.07, 6.45) is 6.61. The van der Waals surface area contributed by atoms with Crippen molar-refractivity contribution in [2.75, 3.05) is 0 Å². The van der Waals surface area contributed by atoms with Crippen LogP contribution in [0.25, 0.3) is 0 Å². The molecular weight excluding hydrogens is 248 g/mol. The molecule has 0 aromatic rings. The van der Waals surface area contributed by atoms with E-state index in [4.69, 9.17) is 14.6 Å². The van der Waals surface area contributed by atoms with Gasteiger partial charge in [-0.3, -0.25) is 4.79 Å². The number of hydrogen-bond acceptors (Lipinski definition) is 4. The van der Waals surface area contributed by atoms with Crippen LogP contribution in [-0.2, 0) is 19.1 Å². The van der Waals surface area contributed by atoms with Crippen LogP contribution < -0.4 is 0 Å². The van der Waals surface area contributed by atoms with Gasteiger partial charge in [-0.2, -0.15) is 0 Å². The molecule has 3 aliphatic heterocycles. The Hall–Kier alpha value is -0.940. The van der Waals surface area contributed by atoms with Crippen LogP contribution in [0.3, 0.4) is 0 Å². The summed E-state index contributed by atoms with van der Waals surface area (Å²) in [5.41, 5.74) is 0. The van der Waals surface area contributed by atoms with Crippen molar-refractivity contribution in [2.45, 2.75) is 62.9 Å². The summed E-state index contributed by atoms with van der Waals surface area (Å²) >= 11 is 0. The van der Waals surface area contributed by atoms with Crippen LogP contribution in [0.4, 0.5) is 0 Å². The fraction of sp³-hybridized carbons (Fsp3) is 0.857. The van der Waals surface area contributed by atoms with Crippen LogP contribution in [0.15, 0.2) is 0 Å². The number of epoxide rings is 1. The molecule has 0 aliphatic carbocycles. The highest BCUT2D eigenvalue weighted by Crippen LogP contribution is 2.54. The molecule has 0 aromatic carbocycles. The van der Waals surface area contributed by atoms with Gasteiger partial charge in [0.2, 0.25) is 0 Å². The molecule has 3 saturated heterocycles. The van der Waals surface area contributed by atoms with Crippen LogP contribution in [0.2, 0.25) is 0 Å². The van der Waals surface area contributed by atoms with Crippen LogP contribution in [0.5, 0.6) is 0 Å². The summed E-state index contributed by atoms with van der Waals surface area (Å²) in [6, 6.07) is 0. The van der Waals surface area contributed by atoms with Gasteiger partial charge in [0.15, 0.2) is 0 Å². The van der Waals surface area contributed by atoms with Gasteiger partial charge in [-0.25, -0.2) is 0 Å². The lowest BCUT2D eigenvalue weighted by molar-refractivity contribution is -0.137. The molecule has 0 amide bonds. The summed E-state index contributed by atoms with van der Waals surface area (Å²) in [5.74, 6) is -0.405. The van der Waals surface area contributed by atoms with E-state index in [0.717, 1.165) is 38.4 Å². The lowest BCUT2D eigenvalue weighted by Crippen LogP contribution is -2.33. The zero-order valence-electron chi connectivity index (χ0n) is 10.9. The van der Waals surface area contributed by atoms with Crippen molar-refractivity contribution in [2.24, 2.45) is 11.8 Å². The number of aldehydes is 1.